The number of hydrogen-bond acceptors (Lipinski definition) is 2. The zero-order chi connectivity index (χ0) is 9.40. The molecule has 3 heteroatoms. The number of nitrogens with one attached hydrogen (secondary N) is 1. The quantitative estimate of drug-likeness (QED) is 0.599. The maximum absolute atomic E-state index is 10.9. The number of amides is 1. The van der Waals surface area contributed by atoms with Gasteiger partial charge in [0.1, 0.15) is 0 Å². The minimum atomic E-state index is -0.154. The van der Waals surface area contributed by atoms with Crippen LogP contribution in [0, 0.1) is 5.92 Å². The molecule has 0 heterocycles. The molecule has 0 aromatic heterocycles. The molecule has 0 fully saturated rings. The maximum atomic E-state index is 10.9. The Bertz CT molecular complexity index is 118. The molecule has 0 radical (unpaired) electrons. The number of rotatable bonds is 7. The van der Waals surface area contributed by atoms with Crippen LogP contribution in [-0.2, 0) is 4.79 Å². The topological polar surface area (TPSA) is 55.1 Å². The van der Waals surface area contributed by atoms with Crippen molar-refractivity contribution >= 4 is 5.91 Å². The number of nitrogens with two attached hydrogens (primary N) is 1. The van der Waals surface area contributed by atoms with Crippen molar-refractivity contribution in [3.8, 4) is 0 Å². The highest BCUT2D eigenvalue weighted by atomic mass is 16.1. The van der Waals surface area contributed by atoms with Crippen molar-refractivity contribution in [2.24, 2.45) is 11.7 Å². The van der Waals surface area contributed by atoms with Crippen molar-refractivity contribution in [2.45, 2.75) is 32.6 Å². The lowest BCUT2D eigenvalue weighted by molar-refractivity contribution is -0.122. The van der Waals surface area contributed by atoms with Gasteiger partial charge in [0.25, 0.3) is 0 Å². The van der Waals surface area contributed by atoms with Gasteiger partial charge >= 0.3 is 0 Å². The highest BCUT2D eigenvalue weighted by Gasteiger charge is 2.13. The zero-order valence-electron chi connectivity index (χ0n) is 8.10. The molecule has 0 aliphatic rings. The predicted octanol–water partition coefficient (Wildman–Crippen LogP) is 0.888. The fraction of sp³-hybridized carbons (Fsp3) is 0.889. The van der Waals surface area contributed by atoms with E-state index in [2.05, 4.69) is 12.2 Å². The number of unbranched alkanes of at least 4 members (excludes halogenated alkanes) is 1. The first kappa shape index (κ1) is 11.4. The molecule has 0 spiro atoms. The van der Waals surface area contributed by atoms with Crippen molar-refractivity contribution < 1.29 is 4.79 Å². The van der Waals surface area contributed by atoms with Gasteiger partial charge in [-0.05, 0) is 26.4 Å². The highest BCUT2D eigenvalue weighted by Crippen LogP contribution is 2.11. The lowest BCUT2D eigenvalue weighted by Gasteiger charge is -2.11. The van der Waals surface area contributed by atoms with Crippen LogP contribution in [0.5, 0.6) is 0 Å². The summed E-state index contributed by atoms with van der Waals surface area (Å²) in [7, 11) is 1.89. The Morgan fingerprint density at radius 2 is 2.17 bits per heavy atom. The first-order valence-electron chi connectivity index (χ1n) is 4.66. The minimum absolute atomic E-state index is 0.0670. The van der Waals surface area contributed by atoms with E-state index in [1.54, 1.807) is 0 Å². The summed E-state index contributed by atoms with van der Waals surface area (Å²) in [4.78, 5) is 10.9. The Hall–Kier alpha value is -0.570. The second kappa shape index (κ2) is 7.10. The third-order valence-corrected chi connectivity index (χ3v) is 2.05. The van der Waals surface area contributed by atoms with Gasteiger partial charge < -0.3 is 11.1 Å². The third kappa shape index (κ3) is 5.13. The third-order valence-electron chi connectivity index (χ3n) is 2.05. The van der Waals surface area contributed by atoms with Crippen molar-refractivity contribution in [1.82, 2.24) is 5.32 Å². The second-order valence-electron chi connectivity index (χ2n) is 3.13. The first-order valence-corrected chi connectivity index (χ1v) is 4.66. The summed E-state index contributed by atoms with van der Waals surface area (Å²) in [6.45, 7) is 2.99. The van der Waals surface area contributed by atoms with Gasteiger partial charge in [0.05, 0.1) is 0 Å². The van der Waals surface area contributed by atoms with Gasteiger partial charge in [-0.1, -0.05) is 19.8 Å². The van der Waals surface area contributed by atoms with Crippen molar-refractivity contribution in [3.05, 3.63) is 0 Å². The fourth-order valence-corrected chi connectivity index (χ4v) is 1.20. The van der Waals surface area contributed by atoms with Crippen LogP contribution >= 0.6 is 0 Å². The summed E-state index contributed by atoms with van der Waals surface area (Å²) in [5.41, 5.74) is 5.25. The van der Waals surface area contributed by atoms with Gasteiger partial charge in [-0.2, -0.15) is 0 Å². The first-order chi connectivity index (χ1) is 5.72. The lowest BCUT2D eigenvalue weighted by Crippen LogP contribution is -2.26. The van der Waals surface area contributed by atoms with Gasteiger partial charge in [0, 0.05) is 5.92 Å². The molecule has 0 rings (SSSR count). The van der Waals surface area contributed by atoms with E-state index in [9.17, 15) is 4.79 Å². The van der Waals surface area contributed by atoms with E-state index in [-0.39, 0.29) is 11.8 Å². The fourth-order valence-electron chi connectivity index (χ4n) is 1.20. The molecule has 0 aliphatic heterocycles. The van der Waals surface area contributed by atoms with E-state index in [1.165, 1.54) is 0 Å². The molecule has 3 N–H and O–H groups in total. The van der Waals surface area contributed by atoms with Crippen molar-refractivity contribution in [1.29, 1.82) is 0 Å². The molecule has 0 saturated carbocycles. The molecular weight excluding hydrogens is 152 g/mol. The van der Waals surface area contributed by atoms with Crippen LogP contribution < -0.4 is 11.1 Å². The van der Waals surface area contributed by atoms with Crippen LogP contribution in [0.15, 0.2) is 0 Å². The molecule has 0 aromatic carbocycles. The number of carbonyl (C=O) groups excluding carboxylic acids is 1. The number of carbonyl (C=O) groups is 1. The Balaban J connectivity index is 3.62. The van der Waals surface area contributed by atoms with Crippen LogP contribution in [0.4, 0.5) is 0 Å². The Morgan fingerprint density at radius 1 is 1.50 bits per heavy atom. The largest absolute Gasteiger partial charge is 0.369 e. The summed E-state index contributed by atoms with van der Waals surface area (Å²) in [5, 5.41) is 3.02. The monoisotopic (exact) mass is 172 g/mol. The van der Waals surface area contributed by atoms with E-state index in [0.29, 0.717) is 0 Å². The Labute approximate surface area is 74.7 Å². The predicted molar refractivity (Wildman–Crippen MR) is 50.8 cm³/mol. The zero-order valence-corrected chi connectivity index (χ0v) is 8.10. The number of hydrogen-bond donors (Lipinski definition) is 2. The lowest BCUT2D eigenvalue weighted by atomic mass is 9.98. The Morgan fingerprint density at radius 3 is 2.58 bits per heavy atom. The van der Waals surface area contributed by atoms with Gasteiger partial charge in [0.15, 0.2) is 0 Å². The number of primary amides is 1. The maximum Gasteiger partial charge on any atom is 0.220 e. The molecule has 1 amide bonds. The molecule has 0 aliphatic carbocycles. The van der Waals surface area contributed by atoms with E-state index in [0.717, 1.165) is 32.2 Å². The van der Waals surface area contributed by atoms with E-state index < -0.39 is 0 Å². The molecule has 0 aromatic rings. The SMILES string of the molecule is CCCCC(CCNC)C(N)=O. The summed E-state index contributed by atoms with van der Waals surface area (Å²) in [6, 6.07) is 0. The molecule has 0 bridgehead atoms. The molecule has 12 heavy (non-hydrogen) atoms. The summed E-state index contributed by atoms with van der Waals surface area (Å²) < 4.78 is 0. The van der Waals surface area contributed by atoms with Crippen molar-refractivity contribution in [3.63, 3.8) is 0 Å². The molecule has 0 saturated heterocycles. The molecule has 1 unspecified atom stereocenters. The summed E-state index contributed by atoms with van der Waals surface area (Å²) in [6.07, 6.45) is 4.03. The summed E-state index contributed by atoms with van der Waals surface area (Å²) in [5.74, 6) is -0.0869. The normalized spacial score (nSPS) is 12.8. The van der Waals surface area contributed by atoms with E-state index in [1.807, 2.05) is 7.05 Å². The molecule has 1 atom stereocenters. The van der Waals surface area contributed by atoms with E-state index in [4.69, 9.17) is 5.73 Å². The minimum Gasteiger partial charge on any atom is -0.369 e. The highest BCUT2D eigenvalue weighted by molar-refractivity contribution is 5.76. The van der Waals surface area contributed by atoms with Crippen LogP contribution in [0.1, 0.15) is 32.6 Å². The standard InChI is InChI=1S/C9H20N2O/c1-3-4-5-8(9(10)12)6-7-11-2/h8,11H,3-7H2,1-2H3,(H2,10,12). The summed E-state index contributed by atoms with van der Waals surface area (Å²) >= 11 is 0. The van der Waals surface area contributed by atoms with Gasteiger partial charge in [-0.3, -0.25) is 4.79 Å². The average Bonchev–Trinajstić information content (AvgIpc) is 2.04. The van der Waals surface area contributed by atoms with Crippen LogP contribution in [-0.4, -0.2) is 19.5 Å². The molecular formula is C9H20N2O. The van der Waals surface area contributed by atoms with Gasteiger partial charge in [0.2, 0.25) is 5.91 Å². The second-order valence-corrected chi connectivity index (χ2v) is 3.13. The van der Waals surface area contributed by atoms with E-state index >= 15 is 0 Å². The smallest absolute Gasteiger partial charge is 0.220 e. The van der Waals surface area contributed by atoms with Crippen LogP contribution in [0.3, 0.4) is 0 Å². The van der Waals surface area contributed by atoms with Crippen LogP contribution in [0.25, 0.3) is 0 Å². The van der Waals surface area contributed by atoms with Gasteiger partial charge in [-0.25, -0.2) is 0 Å². The van der Waals surface area contributed by atoms with Crippen molar-refractivity contribution in [2.75, 3.05) is 13.6 Å². The van der Waals surface area contributed by atoms with Gasteiger partial charge in [-0.15, -0.1) is 0 Å². The average molecular weight is 172 g/mol. The molecule has 3 nitrogen and oxygen atoms in total. The van der Waals surface area contributed by atoms with Crippen LogP contribution in [0.2, 0.25) is 0 Å². The Kier molecular flexibility index (Phi) is 6.76. The molecule has 72 valence electrons.